The van der Waals surface area contributed by atoms with Crippen LogP contribution in [-0.4, -0.2) is 28.5 Å². The summed E-state index contributed by atoms with van der Waals surface area (Å²) in [4.78, 5) is 23.6. The number of hydrogen-bond donors (Lipinski definition) is 1. The molecule has 1 aromatic carbocycles. The fourth-order valence-electron chi connectivity index (χ4n) is 3.39. The lowest BCUT2D eigenvalue weighted by molar-refractivity contribution is 0.102. The van der Waals surface area contributed by atoms with Gasteiger partial charge in [-0.25, -0.2) is 9.97 Å². The summed E-state index contributed by atoms with van der Waals surface area (Å²) < 4.78 is 0. The molecule has 0 aliphatic carbocycles. The number of aromatic nitrogens is 2. The lowest BCUT2D eigenvalue weighted by Crippen LogP contribution is -2.39. The number of aryl methyl sites for hydroxylation is 1. The molecule has 0 spiro atoms. The second-order valence-electron chi connectivity index (χ2n) is 6.71. The minimum Gasteiger partial charge on any atom is -0.352 e. The van der Waals surface area contributed by atoms with Crippen LogP contribution in [0.5, 0.6) is 0 Å². The van der Waals surface area contributed by atoms with Crippen molar-refractivity contribution in [1.82, 2.24) is 9.97 Å². The van der Waals surface area contributed by atoms with Crippen LogP contribution in [0.3, 0.4) is 0 Å². The van der Waals surface area contributed by atoms with Gasteiger partial charge in [0, 0.05) is 18.3 Å². The minimum absolute atomic E-state index is 0.224. The van der Waals surface area contributed by atoms with Gasteiger partial charge in [-0.3, -0.25) is 4.79 Å². The molecule has 0 saturated carbocycles. The second-order valence-corrected chi connectivity index (χ2v) is 6.71. The van der Waals surface area contributed by atoms with E-state index in [1.54, 1.807) is 12.4 Å². The quantitative estimate of drug-likeness (QED) is 0.911. The Morgan fingerprint density at radius 2 is 2.08 bits per heavy atom. The number of rotatable bonds is 4. The molecule has 1 aromatic heterocycles. The van der Waals surface area contributed by atoms with Crippen molar-refractivity contribution in [2.75, 3.05) is 16.8 Å². The van der Waals surface area contributed by atoms with Gasteiger partial charge in [0.15, 0.2) is 0 Å². The number of piperidine rings is 1. The topological polar surface area (TPSA) is 58.1 Å². The summed E-state index contributed by atoms with van der Waals surface area (Å²) in [6.45, 7) is 7.26. The van der Waals surface area contributed by atoms with E-state index in [4.69, 9.17) is 0 Å². The summed E-state index contributed by atoms with van der Waals surface area (Å²) in [6, 6.07) is 6.40. The molecule has 1 aliphatic rings. The highest BCUT2D eigenvalue weighted by Gasteiger charge is 2.22. The minimum atomic E-state index is -0.224. The largest absolute Gasteiger partial charge is 0.352 e. The van der Waals surface area contributed by atoms with E-state index < -0.39 is 0 Å². The van der Waals surface area contributed by atoms with Crippen LogP contribution in [0.1, 0.15) is 54.2 Å². The second kappa shape index (κ2) is 7.64. The van der Waals surface area contributed by atoms with E-state index in [-0.39, 0.29) is 5.91 Å². The maximum absolute atomic E-state index is 12.5. The first-order valence-electron chi connectivity index (χ1n) is 9.06. The molecule has 25 heavy (non-hydrogen) atoms. The monoisotopic (exact) mass is 338 g/mol. The number of hydrogen-bond acceptors (Lipinski definition) is 4. The Hall–Kier alpha value is -2.43. The zero-order valence-corrected chi connectivity index (χ0v) is 15.2. The van der Waals surface area contributed by atoms with Crippen LogP contribution < -0.4 is 10.2 Å². The highest BCUT2D eigenvalue weighted by Crippen LogP contribution is 2.24. The van der Waals surface area contributed by atoms with Gasteiger partial charge in [-0.2, -0.15) is 0 Å². The van der Waals surface area contributed by atoms with Gasteiger partial charge in [-0.1, -0.05) is 19.1 Å². The third-order valence-corrected chi connectivity index (χ3v) is 5.12. The predicted molar refractivity (Wildman–Crippen MR) is 101 cm³/mol. The van der Waals surface area contributed by atoms with Crippen molar-refractivity contribution < 1.29 is 4.79 Å². The van der Waals surface area contributed by atoms with Crippen molar-refractivity contribution in [3.63, 3.8) is 0 Å². The molecule has 1 atom stereocenters. The zero-order chi connectivity index (χ0) is 17.8. The lowest BCUT2D eigenvalue weighted by atomic mass is 10.0. The Morgan fingerprint density at radius 1 is 1.24 bits per heavy atom. The van der Waals surface area contributed by atoms with Gasteiger partial charge in [0.2, 0.25) is 0 Å². The molecule has 0 bridgehead atoms. The van der Waals surface area contributed by atoms with Gasteiger partial charge in [-0.15, -0.1) is 0 Å². The van der Waals surface area contributed by atoms with Crippen LogP contribution in [0.2, 0.25) is 0 Å². The van der Waals surface area contributed by atoms with E-state index in [1.165, 1.54) is 19.3 Å². The van der Waals surface area contributed by atoms with Gasteiger partial charge in [-0.05, 0) is 56.7 Å². The maximum atomic E-state index is 12.5. The molecule has 3 rings (SSSR count). The standard InChI is InChI=1S/C20H26N4O/c1-4-16-9-5-6-11-24(16)19-13-21-18(12-22-19)20(25)23-17-10-7-8-14(2)15(17)3/h7-8,10,12-13,16H,4-6,9,11H2,1-3H3,(H,23,25). The van der Waals surface area contributed by atoms with Gasteiger partial charge in [0.1, 0.15) is 11.5 Å². The molecule has 1 fully saturated rings. The van der Waals surface area contributed by atoms with Crippen LogP contribution in [0, 0.1) is 13.8 Å². The molecule has 2 heterocycles. The Balaban J connectivity index is 1.73. The predicted octanol–water partition coefficient (Wildman–Crippen LogP) is 4.11. The van der Waals surface area contributed by atoms with E-state index in [0.717, 1.165) is 35.6 Å². The molecular weight excluding hydrogens is 312 g/mol. The average molecular weight is 338 g/mol. The summed E-state index contributed by atoms with van der Waals surface area (Å²) in [5.41, 5.74) is 3.38. The van der Waals surface area contributed by atoms with Crippen LogP contribution in [0.4, 0.5) is 11.5 Å². The number of benzene rings is 1. The van der Waals surface area contributed by atoms with Crippen molar-refractivity contribution in [2.24, 2.45) is 0 Å². The van der Waals surface area contributed by atoms with Crippen LogP contribution in [0.15, 0.2) is 30.6 Å². The molecule has 0 radical (unpaired) electrons. The van der Waals surface area contributed by atoms with Gasteiger partial charge < -0.3 is 10.2 Å². The number of nitrogens with one attached hydrogen (secondary N) is 1. The summed E-state index contributed by atoms with van der Waals surface area (Å²) in [7, 11) is 0. The summed E-state index contributed by atoms with van der Waals surface area (Å²) in [5, 5.41) is 2.93. The molecule has 1 aliphatic heterocycles. The lowest BCUT2D eigenvalue weighted by Gasteiger charge is -2.35. The SMILES string of the molecule is CCC1CCCCN1c1cnc(C(=O)Nc2cccc(C)c2C)cn1. The van der Waals surface area contributed by atoms with Crippen LogP contribution in [0.25, 0.3) is 0 Å². The highest BCUT2D eigenvalue weighted by atomic mass is 16.1. The summed E-state index contributed by atoms with van der Waals surface area (Å²) >= 11 is 0. The average Bonchev–Trinajstić information content (AvgIpc) is 2.65. The van der Waals surface area contributed by atoms with E-state index >= 15 is 0 Å². The van der Waals surface area contributed by atoms with Gasteiger partial charge in [0.05, 0.1) is 12.4 Å². The van der Waals surface area contributed by atoms with Gasteiger partial charge >= 0.3 is 0 Å². The van der Waals surface area contributed by atoms with Crippen molar-refractivity contribution in [2.45, 2.75) is 52.5 Å². The first-order valence-corrected chi connectivity index (χ1v) is 9.06. The first-order chi connectivity index (χ1) is 12.1. The Kier molecular flexibility index (Phi) is 5.31. The van der Waals surface area contributed by atoms with Crippen molar-refractivity contribution >= 4 is 17.4 Å². The van der Waals surface area contributed by atoms with E-state index in [1.807, 2.05) is 32.0 Å². The van der Waals surface area contributed by atoms with Crippen LogP contribution >= 0.6 is 0 Å². The molecule has 1 unspecified atom stereocenters. The Bertz CT molecular complexity index is 742. The van der Waals surface area contributed by atoms with Gasteiger partial charge in [0.25, 0.3) is 5.91 Å². The number of amides is 1. The summed E-state index contributed by atoms with van der Waals surface area (Å²) in [6.07, 6.45) is 8.08. The molecule has 132 valence electrons. The fraction of sp³-hybridized carbons (Fsp3) is 0.450. The van der Waals surface area contributed by atoms with E-state index in [0.29, 0.717) is 11.7 Å². The number of anilines is 2. The molecule has 5 heteroatoms. The zero-order valence-electron chi connectivity index (χ0n) is 15.2. The Labute approximate surface area is 149 Å². The van der Waals surface area contributed by atoms with Crippen molar-refractivity contribution in [3.8, 4) is 0 Å². The third-order valence-electron chi connectivity index (χ3n) is 5.12. The van der Waals surface area contributed by atoms with Crippen LogP contribution in [-0.2, 0) is 0 Å². The Morgan fingerprint density at radius 3 is 2.80 bits per heavy atom. The first kappa shape index (κ1) is 17.4. The summed E-state index contributed by atoms with van der Waals surface area (Å²) in [5.74, 6) is 0.647. The normalized spacial score (nSPS) is 17.4. The van der Waals surface area contributed by atoms with Crippen molar-refractivity contribution in [3.05, 3.63) is 47.4 Å². The number of carbonyl (C=O) groups excluding carboxylic acids is 1. The highest BCUT2D eigenvalue weighted by molar-refractivity contribution is 6.03. The van der Waals surface area contributed by atoms with E-state index in [2.05, 4.69) is 27.1 Å². The number of carbonyl (C=O) groups is 1. The molecule has 2 aromatic rings. The molecule has 1 N–H and O–H groups in total. The fourth-order valence-corrected chi connectivity index (χ4v) is 3.39. The van der Waals surface area contributed by atoms with E-state index in [9.17, 15) is 4.79 Å². The van der Waals surface area contributed by atoms with Crippen molar-refractivity contribution in [1.29, 1.82) is 0 Å². The third kappa shape index (κ3) is 3.81. The number of nitrogens with zero attached hydrogens (tertiary/aromatic N) is 3. The maximum Gasteiger partial charge on any atom is 0.275 e. The molecular formula is C20H26N4O. The molecule has 5 nitrogen and oxygen atoms in total. The molecule has 1 saturated heterocycles. The molecule has 1 amide bonds. The smallest absolute Gasteiger partial charge is 0.275 e.